The maximum absolute atomic E-state index is 11.4. The largest absolute Gasteiger partial charge is 0.463 e. The Morgan fingerprint density at radius 1 is 1.37 bits per heavy atom. The summed E-state index contributed by atoms with van der Waals surface area (Å²) < 4.78 is 4.86. The van der Waals surface area contributed by atoms with Crippen molar-refractivity contribution in [2.75, 3.05) is 11.9 Å². The van der Waals surface area contributed by atoms with E-state index in [9.17, 15) is 4.79 Å². The monoisotopic (exact) mass is 263 g/mol. The SMILES string of the molecule is CCOC(=O)/C=C/c1c(C)nc(C)nc1NC(C)C. The molecule has 0 spiro atoms. The summed E-state index contributed by atoms with van der Waals surface area (Å²) in [4.78, 5) is 20.0. The van der Waals surface area contributed by atoms with Gasteiger partial charge in [-0.15, -0.1) is 0 Å². The Balaban J connectivity index is 3.07. The molecule has 0 aliphatic carbocycles. The van der Waals surface area contributed by atoms with Crippen molar-refractivity contribution in [3.8, 4) is 0 Å². The maximum atomic E-state index is 11.4. The number of esters is 1. The van der Waals surface area contributed by atoms with Crippen LogP contribution in [-0.2, 0) is 9.53 Å². The molecule has 5 heteroatoms. The summed E-state index contributed by atoms with van der Waals surface area (Å²) in [6.45, 7) is 9.95. The van der Waals surface area contributed by atoms with Crippen molar-refractivity contribution in [3.63, 3.8) is 0 Å². The van der Waals surface area contributed by atoms with E-state index in [1.807, 2.05) is 27.7 Å². The summed E-state index contributed by atoms with van der Waals surface area (Å²) >= 11 is 0. The van der Waals surface area contributed by atoms with Crippen LogP contribution in [0, 0.1) is 13.8 Å². The van der Waals surface area contributed by atoms with E-state index < -0.39 is 0 Å². The number of carbonyl (C=O) groups excluding carboxylic acids is 1. The quantitative estimate of drug-likeness (QED) is 0.653. The number of aryl methyl sites for hydroxylation is 2. The van der Waals surface area contributed by atoms with Gasteiger partial charge in [0, 0.05) is 17.7 Å². The number of ether oxygens (including phenoxy) is 1. The summed E-state index contributed by atoms with van der Waals surface area (Å²) in [6, 6.07) is 0.253. The lowest BCUT2D eigenvalue weighted by atomic mass is 10.2. The minimum Gasteiger partial charge on any atom is -0.463 e. The van der Waals surface area contributed by atoms with Crippen molar-refractivity contribution in [1.82, 2.24) is 9.97 Å². The van der Waals surface area contributed by atoms with Crippen molar-refractivity contribution in [2.24, 2.45) is 0 Å². The number of anilines is 1. The first-order valence-electron chi connectivity index (χ1n) is 6.40. The van der Waals surface area contributed by atoms with Gasteiger partial charge in [-0.1, -0.05) is 0 Å². The van der Waals surface area contributed by atoms with Gasteiger partial charge in [0.15, 0.2) is 0 Å². The van der Waals surface area contributed by atoms with Gasteiger partial charge in [-0.3, -0.25) is 0 Å². The Hall–Kier alpha value is -1.91. The highest BCUT2D eigenvalue weighted by Gasteiger charge is 2.09. The van der Waals surface area contributed by atoms with Crippen LogP contribution in [0.1, 0.15) is 37.9 Å². The zero-order valence-electron chi connectivity index (χ0n) is 12.2. The maximum Gasteiger partial charge on any atom is 0.330 e. The van der Waals surface area contributed by atoms with E-state index in [-0.39, 0.29) is 12.0 Å². The van der Waals surface area contributed by atoms with Crippen LogP contribution in [0.15, 0.2) is 6.08 Å². The Morgan fingerprint density at radius 3 is 2.63 bits per heavy atom. The first-order valence-corrected chi connectivity index (χ1v) is 6.40. The highest BCUT2D eigenvalue weighted by molar-refractivity contribution is 5.88. The van der Waals surface area contributed by atoms with Crippen LogP contribution in [0.5, 0.6) is 0 Å². The molecule has 1 N–H and O–H groups in total. The molecule has 1 rings (SSSR count). The summed E-state index contributed by atoms with van der Waals surface area (Å²) in [5, 5.41) is 3.26. The van der Waals surface area contributed by atoms with Crippen LogP contribution >= 0.6 is 0 Å². The Kier molecular flexibility index (Phi) is 5.48. The average Bonchev–Trinajstić information content (AvgIpc) is 2.27. The van der Waals surface area contributed by atoms with Gasteiger partial charge >= 0.3 is 5.97 Å². The molecule has 0 atom stereocenters. The van der Waals surface area contributed by atoms with Crippen LogP contribution in [0.2, 0.25) is 0 Å². The molecule has 1 aromatic rings. The first-order chi connectivity index (χ1) is 8.93. The fourth-order valence-electron chi connectivity index (χ4n) is 1.65. The second-order valence-corrected chi connectivity index (χ2v) is 4.50. The zero-order chi connectivity index (χ0) is 14.4. The Bertz CT molecular complexity index is 482. The predicted octanol–water partition coefficient (Wildman–Crippen LogP) is 2.49. The van der Waals surface area contributed by atoms with Gasteiger partial charge in [-0.25, -0.2) is 14.8 Å². The third kappa shape index (κ3) is 4.69. The van der Waals surface area contributed by atoms with Crippen molar-refractivity contribution < 1.29 is 9.53 Å². The average molecular weight is 263 g/mol. The van der Waals surface area contributed by atoms with E-state index >= 15 is 0 Å². The molecular weight excluding hydrogens is 242 g/mol. The topological polar surface area (TPSA) is 64.1 Å². The van der Waals surface area contributed by atoms with E-state index in [0.29, 0.717) is 12.4 Å². The van der Waals surface area contributed by atoms with Gasteiger partial charge in [0.2, 0.25) is 0 Å². The number of nitrogens with zero attached hydrogens (tertiary/aromatic N) is 2. The number of nitrogens with one attached hydrogen (secondary N) is 1. The molecule has 0 radical (unpaired) electrons. The van der Waals surface area contributed by atoms with Crippen molar-refractivity contribution in [2.45, 2.75) is 40.7 Å². The van der Waals surface area contributed by atoms with Gasteiger partial charge < -0.3 is 10.1 Å². The molecule has 0 fully saturated rings. The predicted molar refractivity (Wildman–Crippen MR) is 75.9 cm³/mol. The number of hydrogen-bond donors (Lipinski definition) is 1. The number of rotatable bonds is 5. The van der Waals surface area contributed by atoms with E-state index in [1.165, 1.54) is 6.08 Å². The zero-order valence-corrected chi connectivity index (χ0v) is 12.2. The highest BCUT2D eigenvalue weighted by Crippen LogP contribution is 2.19. The molecule has 0 aliphatic rings. The van der Waals surface area contributed by atoms with Crippen molar-refractivity contribution >= 4 is 17.9 Å². The third-order valence-electron chi connectivity index (χ3n) is 2.35. The lowest BCUT2D eigenvalue weighted by Crippen LogP contribution is -2.14. The minimum atomic E-state index is -0.363. The van der Waals surface area contributed by atoms with Crippen LogP contribution in [-0.4, -0.2) is 28.6 Å². The van der Waals surface area contributed by atoms with E-state index in [2.05, 4.69) is 15.3 Å². The van der Waals surface area contributed by atoms with E-state index in [4.69, 9.17) is 4.74 Å². The standard InChI is InChI=1S/C14H21N3O2/c1-6-19-13(18)8-7-12-10(4)16-11(5)17-14(12)15-9(2)3/h7-9H,6H2,1-5H3,(H,15,16,17)/b8-7+. The molecule has 0 saturated heterocycles. The smallest absolute Gasteiger partial charge is 0.330 e. The van der Waals surface area contributed by atoms with E-state index in [0.717, 1.165) is 17.1 Å². The van der Waals surface area contributed by atoms with Gasteiger partial charge in [0.1, 0.15) is 11.6 Å². The second kappa shape index (κ2) is 6.87. The molecule has 0 amide bonds. The molecule has 0 bridgehead atoms. The first kappa shape index (κ1) is 15.1. The molecule has 5 nitrogen and oxygen atoms in total. The molecule has 1 aromatic heterocycles. The summed E-state index contributed by atoms with van der Waals surface area (Å²) in [5.74, 6) is 1.08. The fraction of sp³-hybridized carbons (Fsp3) is 0.500. The Morgan fingerprint density at radius 2 is 2.05 bits per heavy atom. The molecular formula is C14H21N3O2. The van der Waals surface area contributed by atoms with Gasteiger partial charge in [0.05, 0.1) is 12.3 Å². The molecule has 1 heterocycles. The molecule has 19 heavy (non-hydrogen) atoms. The number of aromatic nitrogens is 2. The second-order valence-electron chi connectivity index (χ2n) is 4.50. The van der Waals surface area contributed by atoms with Gasteiger partial charge in [0.25, 0.3) is 0 Å². The summed E-state index contributed by atoms with van der Waals surface area (Å²) in [6.07, 6.45) is 3.09. The number of hydrogen-bond acceptors (Lipinski definition) is 5. The molecule has 0 unspecified atom stereocenters. The van der Waals surface area contributed by atoms with Crippen molar-refractivity contribution in [1.29, 1.82) is 0 Å². The van der Waals surface area contributed by atoms with E-state index in [1.54, 1.807) is 13.0 Å². The van der Waals surface area contributed by atoms with Crippen LogP contribution in [0.3, 0.4) is 0 Å². The lowest BCUT2D eigenvalue weighted by molar-refractivity contribution is -0.137. The van der Waals surface area contributed by atoms with Crippen LogP contribution in [0.4, 0.5) is 5.82 Å². The lowest BCUT2D eigenvalue weighted by Gasteiger charge is -2.14. The molecule has 0 aromatic carbocycles. The summed E-state index contributed by atoms with van der Waals surface area (Å²) in [7, 11) is 0. The highest BCUT2D eigenvalue weighted by atomic mass is 16.5. The fourth-order valence-corrected chi connectivity index (χ4v) is 1.65. The van der Waals surface area contributed by atoms with Gasteiger partial charge in [-0.2, -0.15) is 0 Å². The molecule has 0 saturated carbocycles. The van der Waals surface area contributed by atoms with Crippen LogP contribution in [0.25, 0.3) is 6.08 Å². The molecule has 0 aliphatic heterocycles. The third-order valence-corrected chi connectivity index (χ3v) is 2.35. The Labute approximate surface area is 114 Å². The van der Waals surface area contributed by atoms with Crippen LogP contribution < -0.4 is 5.32 Å². The minimum absolute atomic E-state index is 0.253. The normalized spacial score (nSPS) is 11.1. The molecule has 104 valence electrons. The summed E-state index contributed by atoms with van der Waals surface area (Å²) in [5.41, 5.74) is 1.64. The van der Waals surface area contributed by atoms with Gasteiger partial charge in [-0.05, 0) is 40.7 Å². The van der Waals surface area contributed by atoms with Crippen molar-refractivity contribution in [3.05, 3.63) is 23.2 Å². The number of carbonyl (C=O) groups is 1.